The van der Waals surface area contributed by atoms with Crippen LogP contribution < -0.4 is 5.32 Å². The molecule has 4 rings (SSSR count). The van der Waals surface area contributed by atoms with E-state index in [1.54, 1.807) is 0 Å². The summed E-state index contributed by atoms with van der Waals surface area (Å²) in [4.78, 5) is 23.3. The van der Waals surface area contributed by atoms with Crippen LogP contribution in [-0.2, 0) is 4.74 Å². The standard InChI is InChI=1S/C25H22FNO5/c26-22-11-5-10-19(20(22)13-28)24(30)23(29)12-27-25(31)32-14-21-17-8-3-1-6-15(17)16-7-2-4-9-18(16)21/h1-11,13,21,23-24,29-30H,12,14H2,(H,27,31). The second-order valence-electron chi connectivity index (χ2n) is 7.58. The maximum absolute atomic E-state index is 13.7. The zero-order chi connectivity index (χ0) is 22.7. The van der Waals surface area contributed by atoms with E-state index in [0.717, 1.165) is 28.3 Å². The van der Waals surface area contributed by atoms with Gasteiger partial charge in [-0.05, 0) is 33.9 Å². The molecule has 3 N–H and O–H groups in total. The summed E-state index contributed by atoms with van der Waals surface area (Å²) >= 11 is 0. The fraction of sp³-hybridized carbons (Fsp3) is 0.200. The zero-order valence-corrected chi connectivity index (χ0v) is 17.1. The van der Waals surface area contributed by atoms with Crippen molar-refractivity contribution in [3.8, 4) is 11.1 Å². The molecule has 0 bridgehead atoms. The Hall–Kier alpha value is -3.55. The van der Waals surface area contributed by atoms with Gasteiger partial charge in [0.15, 0.2) is 6.29 Å². The number of halogens is 1. The summed E-state index contributed by atoms with van der Waals surface area (Å²) in [6.45, 7) is -0.232. The van der Waals surface area contributed by atoms with Crippen LogP contribution in [0.2, 0.25) is 0 Å². The molecule has 0 heterocycles. The second-order valence-corrected chi connectivity index (χ2v) is 7.58. The molecule has 6 nitrogen and oxygen atoms in total. The highest BCUT2D eigenvalue weighted by Gasteiger charge is 2.29. The van der Waals surface area contributed by atoms with Crippen LogP contribution in [0.5, 0.6) is 0 Å². The number of carbonyl (C=O) groups excluding carboxylic acids is 2. The Morgan fingerprint density at radius 3 is 2.25 bits per heavy atom. The van der Waals surface area contributed by atoms with Crippen LogP contribution in [0, 0.1) is 5.82 Å². The number of rotatable bonds is 7. The molecule has 0 radical (unpaired) electrons. The van der Waals surface area contributed by atoms with Crippen molar-refractivity contribution < 1.29 is 28.9 Å². The van der Waals surface area contributed by atoms with E-state index in [9.17, 15) is 24.2 Å². The van der Waals surface area contributed by atoms with Gasteiger partial charge in [0.2, 0.25) is 0 Å². The van der Waals surface area contributed by atoms with Gasteiger partial charge < -0.3 is 20.3 Å². The van der Waals surface area contributed by atoms with Crippen molar-refractivity contribution in [2.24, 2.45) is 0 Å². The van der Waals surface area contributed by atoms with Crippen LogP contribution in [0.3, 0.4) is 0 Å². The van der Waals surface area contributed by atoms with Gasteiger partial charge in [-0.1, -0.05) is 60.7 Å². The van der Waals surface area contributed by atoms with Gasteiger partial charge in [0, 0.05) is 12.5 Å². The first kappa shape index (κ1) is 21.7. The molecule has 1 aliphatic rings. The van der Waals surface area contributed by atoms with Gasteiger partial charge in [-0.3, -0.25) is 4.79 Å². The van der Waals surface area contributed by atoms with Crippen molar-refractivity contribution in [2.75, 3.05) is 13.2 Å². The number of fused-ring (bicyclic) bond motifs is 3. The molecule has 0 aromatic heterocycles. The highest BCUT2D eigenvalue weighted by atomic mass is 19.1. The molecule has 2 unspecified atom stereocenters. The number of nitrogens with one attached hydrogen (secondary N) is 1. The van der Waals surface area contributed by atoms with Crippen LogP contribution >= 0.6 is 0 Å². The third-order valence-corrected chi connectivity index (χ3v) is 5.69. The van der Waals surface area contributed by atoms with E-state index < -0.39 is 24.1 Å². The maximum atomic E-state index is 13.7. The summed E-state index contributed by atoms with van der Waals surface area (Å²) in [5.74, 6) is -0.903. The Labute approximate surface area is 184 Å². The molecule has 1 aliphatic carbocycles. The summed E-state index contributed by atoms with van der Waals surface area (Å²) in [5.41, 5.74) is 3.98. The molecular weight excluding hydrogens is 413 g/mol. The van der Waals surface area contributed by atoms with Crippen LogP contribution in [0.1, 0.15) is 39.1 Å². The van der Waals surface area contributed by atoms with Crippen LogP contribution in [-0.4, -0.2) is 41.8 Å². The molecule has 2 atom stereocenters. The fourth-order valence-corrected chi connectivity index (χ4v) is 4.09. The predicted octanol–water partition coefficient (Wildman–Crippen LogP) is 3.57. The average Bonchev–Trinajstić information content (AvgIpc) is 3.14. The summed E-state index contributed by atoms with van der Waals surface area (Å²) in [5, 5.41) is 22.9. The number of ether oxygens (including phenoxy) is 1. The number of aldehydes is 1. The third-order valence-electron chi connectivity index (χ3n) is 5.69. The molecule has 0 aliphatic heterocycles. The number of carbonyl (C=O) groups is 2. The lowest BCUT2D eigenvalue weighted by atomic mass is 9.98. The summed E-state index contributed by atoms with van der Waals surface area (Å²) in [7, 11) is 0. The van der Waals surface area contributed by atoms with Crippen LogP contribution in [0.4, 0.5) is 9.18 Å². The van der Waals surface area contributed by atoms with E-state index in [1.165, 1.54) is 12.1 Å². The first-order chi connectivity index (χ1) is 15.5. The van der Waals surface area contributed by atoms with E-state index in [2.05, 4.69) is 5.32 Å². The number of hydrogen-bond donors (Lipinski definition) is 3. The molecule has 0 spiro atoms. The van der Waals surface area contributed by atoms with Crippen LogP contribution in [0.25, 0.3) is 11.1 Å². The van der Waals surface area contributed by atoms with E-state index in [-0.39, 0.29) is 36.5 Å². The van der Waals surface area contributed by atoms with Crippen molar-refractivity contribution in [3.63, 3.8) is 0 Å². The Morgan fingerprint density at radius 2 is 1.62 bits per heavy atom. The minimum absolute atomic E-state index is 0.0539. The van der Waals surface area contributed by atoms with Crippen molar-refractivity contribution in [2.45, 2.75) is 18.1 Å². The number of aliphatic hydroxyl groups excluding tert-OH is 2. The summed E-state index contributed by atoms with van der Waals surface area (Å²) in [6.07, 6.45) is -3.50. The Balaban J connectivity index is 1.36. The van der Waals surface area contributed by atoms with Crippen LogP contribution in [0.15, 0.2) is 66.7 Å². The highest BCUT2D eigenvalue weighted by Crippen LogP contribution is 2.44. The third kappa shape index (κ3) is 4.12. The minimum Gasteiger partial charge on any atom is -0.449 e. The van der Waals surface area contributed by atoms with Gasteiger partial charge in [-0.25, -0.2) is 9.18 Å². The fourth-order valence-electron chi connectivity index (χ4n) is 4.09. The van der Waals surface area contributed by atoms with E-state index in [4.69, 9.17) is 4.74 Å². The Kier molecular flexibility index (Phi) is 6.30. The first-order valence-electron chi connectivity index (χ1n) is 10.2. The molecule has 164 valence electrons. The van der Waals surface area contributed by atoms with E-state index in [0.29, 0.717) is 0 Å². The first-order valence-corrected chi connectivity index (χ1v) is 10.2. The van der Waals surface area contributed by atoms with Crippen molar-refractivity contribution >= 4 is 12.4 Å². The quantitative estimate of drug-likeness (QED) is 0.493. The summed E-state index contributed by atoms with van der Waals surface area (Å²) in [6, 6.07) is 19.6. The number of alkyl carbamates (subject to hydrolysis) is 1. The lowest BCUT2D eigenvalue weighted by Crippen LogP contribution is -2.36. The second kappa shape index (κ2) is 9.30. The lowest BCUT2D eigenvalue weighted by molar-refractivity contribution is 0.0180. The minimum atomic E-state index is -1.56. The van der Waals surface area contributed by atoms with Crippen molar-refractivity contribution in [1.82, 2.24) is 5.32 Å². The molecule has 3 aromatic carbocycles. The highest BCUT2D eigenvalue weighted by molar-refractivity contribution is 5.79. The summed E-state index contributed by atoms with van der Waals surface area (Å²) < 4.78 is 19.1. The van der Waals surface area contributed by atoms with Gasteiger partial charge in [-0.2, -0.15) is 0 Å². The molecule has 7 heteroatoms. The molecule has 32 heavy (non-hydrogen) atoms. The Morgan fingerprint density at radius 1 is 1.00 bits per heavy atom. The SMILES string of the molecule is O=Cc1c(F)cccc1C(O)C(O)CNC(=O)OCC1c2ccccc2-c2ccccc21. The molecule has 0 fully saturated rings. The van der Waals surface area contributed by atoms with Crippen molar-refractivity contribution in [3.05, 3.63) is 94.8 Å². The monoisotopic (exact) mass is 435 g/mol. The smallest absolute Gasteiger partial charge is 0.407 e. The van der Waals surface area contributed by atoms with Gasteiger partial charge in [0.05, 0.1) is 5.56 Å². The maximum Gasteiger partial charge on any atom is 0.407 e. The molecule has 1 amide bonds. The Bertz CT molecular complexity index is 1100. The molecule has 0 saturated carbocycles. The van der Waals surface area contributed by atoms with Gasteiger partial charge in [-0.15, -0.1) is 0 Å². The topological polar surface area (TPSA) is 95.9 Å². The average molecular weight is 435 g/mol. The molecule has 3 aromatic rings. The van der Waals surface area contributed by atoms with E-state index in [1.807, 2.05) is 48.5 Å². The van der Waals surface area contributed by atoms with E-state index >= 15 is 0 Å². The molecule has 0 saturated heterocycles. The van der Waals surface area contributed by atoms with Crippen molar-refractivity contribution in [1.29, 1.82) is 0 Å². The molecular formula is C25H22FNO5. The predicted molar refractivity (Wildman–Crippen MR) is 116 cm³/mol. The number of benzene rings is 3. The van der Waals surface area contributed by atoms with Gasteiger partial charge in [0.25, 0.3) is 0 Å². The zero-order valence-electron chi connectivity index (χ0n) is 17.1. The number of aliphatic hydroxyl groups is 2. The normalized spacial score (nSPS) is 14.2. The largest absolute Gasteiger partial charge is 0.449 e. The number of hydrogen-bond acceptors (Lipinski definition) is 5. The van der Waals surface area contributed by atoms with Gasteiger partial charge >= 0.3 is 6.09 Å². The van der Waals surface area contributed by atoms with Gasteiger partial charge in [0.1, 0.15) is 24.6 Å². The lowest BCUT2D eigenvalue weighted by Gasteiger charge is -2.20. The number of amides is 1.